The second-order valence-corrected chi connectivity index (χ2v) is 6.12. The van der Waals surface area contributed by atoms with Gasteiger partial charge >= 0.3 is 0 Å². The Morgan fingerprint density at radius 3 is 2.52 bits per heavy atom. The number of aromatic nitrogens is 2. The third kappa shape index (κ3) is 3.57. The van der Waals surface area contributed by atoms with E-state index in [0.29, 0.717) is 22.3 Å². The molecule has 1 amide bonds. The molecule has 0 unspecified atom stereocenters. The molecule has 0 atom stereocenters. The van der Waals surface area contributed by atoms with Crippen LogP contribution in [0.5, 0.6) is 0 Å². The van der Waals surface area contributed by atoms with E-state index in [-0.39, 0.29) is 29.6 Å². The van der Waals surface area contributed by atoms with Crippen LogP contribution in [0.25, 0.3) is 10.9 Å². The highest BCUT2D eigenvalue weighted by Gasteiger charge is 2.15. The first-order chi connectivity index (χ1) is 12.0. The third-order valence-corrected chi connectivity index (χ3v) is 3.83. The van der Waals surface area contributed by atoms with Gasteiger partial charge in [0.2, 0.25) is 5.91 Å². The Hall–Kier alpha value is -3.02. The van der Waals surface area contributed by atoms with E-state index in [4.69, 9.17) is 0 Å². The fourth-order valence-electron chi connectivity index (χ4n) is 2.60. The minimum absolute atomic E-state index is 0.0388. The number of nitrogens with zero attached hydrogens (tertiary/aromatic N) is 2. The van der Waals surface area contributed by atoms with Crippen molar-refractivity contribution in [3.8, 4) is 0 Å². The first-order valence-corrected chi connectivity index (χ1v) is 8.01. The lowest BCUT2D eigenvalue weighted by Gasteiger charge is -2.16. The molecule has 0 aliphatic rings. The molecular weight excluding hydrogens is 321 g/mol. The highest BCUT2D eigenvalue weighted by molar-refractivity contribution is 5.86. The summed E-state index contributed by atoms with van der Waals surface area (Å²) >= 11 is 0. The number of nitrogens with one attached hydrogen (secondary N) is 1. The summed E-state index contributed by atoms with van der Waals surface area (Å²) in [5.74, 6) is -0.298. The van der Waals surface area contributed by atoms with Crippen LogP contribution in [-0.2, 0) is 11.2 Å². The Bertz CT molecular complexity index is 978. The SMILES string of the molecule is CC(C)c1nc2ccccc2c(=O)n1NC(=O)Cc1ccc(F)cc1. The predicted molar refractivity (Wildman–Crippen MR) is 94.6 cm³/mol. The van der Waals surface area contributed by atoms with E-state index >= 15 is 0 Å². The molecule has 3 rings (SSSR count). The number of hydrogen-bond donors (Lipinski definition) is 1. The molecule has 0 aliphatic heterocycles. The van der Waals surface area contributed by atoms with E-state index in [2.05, 4.69) is 10.4 Å². The van der Waals surface area contributed by atoms with E-state index in [1.165, 1.54) is 16.8 Å². The van der Waals surface area contributed by atoms with Gasteiger partial charge in [-0.05, 0) is 29.8 Å². The van der Waals surface area contributed by atoms with Crippen LogP contribution in [0.4, 0.5) is 4.39 Å². The Morgan fingerprint density at radius 2 is 1.84 bits per heavy atom. The molecule has 0 spiro atoms. The maximum absolute atomic E-state index is 13.0. The molecule has 128 valence electrons. The molecule has 1 heterocycles. The van der Waals surface area contributed by atoms with Gasteiger partial charge in [0.05, 0.1) is 17.3 Å². The zero-order valence-corrected chi connectivity index (χ0v) is 14.0. The first kappa shape index (κ1) is 16.8. The molecule has 2 aromatic carbocycles. The van der Waals surface area contributed by atoms with Gasteiger partial charge in [0.25, 0.3) is 5.56 Å². The Kier molecular flexibility index (Phi) is 4.61. The molecule has 0 bridgehead atoms. The molecule has 1 aromatic heterocycles. The van der Waals surface area contributed by atoms with Crippen LogP contribution in [-0.4, -0.2) is 15.6 Å². The quantitative estimate of drug-likeness (QED) is 0.795. The van der Waals surface area contributed by atoms with Crippen LogP contribution in [0.1, 0.15) is 31.2 Å². The number of amides is 1. The lowest BCUT2D eigenvalue weighted by molar-refractivity contribution is -0.116. The molecule has 0 saturated carbocycles. The molecule has 0 radical (unpaired) electrons. The predicted octanol–water partition coefficient (Wildman–Crippen LogP) is 2.97. The largest absolute Gasteiger partial charge is 0.280 e. The highest BCUT2D eigenvalue weighted by atomic mass is 19.1. The van der Waals surface area contributed by atoms with Crippen LogP contribution in [0.2, 0.25) is 0 Å². The van der Waals surface area contributed by atoms with Crippen molar-refractivity contribution in [1.82, 2.24) is 9.66 Å². The first-order valence-electron chi connectivity index (χ1n) is 8.01. The van der Waals surface area contributed by atoms with Gasteiger partial charge in [-0.1, -0.05) is 38.1 Å². The van der Waals surface area contributed by atoms with Crippen LogP contribution in [0.3, 0.4) is 0 Å². The molecule has 0 fully saturated rings. The number of benzene rings is 2. The van der Waals surface area contributed by atoms with Crippen molar-refractivity contribution in [3.05, 3.63) is 76.1 Å². The van der Waals surface area contributed by atoms with Gasteiger partial charge in [-0.25, -0.2) is 14.1 Å². The van der Waals surface area contributed by atoms with Crippen molar-refractivity contribution in [2.45, 2.75) is 26.2 Å². The fraction of sp³-hybridized carbons (Fsp3) is 0.211. The van der Waals surface area contributed by atoms with Crippen molar-refractivity contribution in [2.24, 2.45) is 0 Å². The fourth-order valence-corrected chi connectivity index (χ4v) is 2.60. The number of hydrogen-bond acceptors (Lipinski definition) is 3. The highest BCUT2D eigenvalue weighted by Crippen LogP contribution is 2.14. The summed E-state index contributed by atoms with van der Waals surface area (Å²) in [6.45, 7) is 3.80. The Morgan fingerprint density at radius 1 is 1.16 bits per heavy atom. The van der Waals surface area contributed by atoms with Gasteiger partial charge < -0.3 is 0 Å². The third-order valence-electron chi connectivity index (χ3n) is 3.83. The van der Waals surface area contributed by atoms with E-state index in [0.717, 1.165) is 0 Å². The number of carbonyl (C=O) groups excluding carboxylic acids is 1. The van der Waals surface area contributed by atoms with Gasteiger partial charge in [0.15, 0.2) is 0 Å². The number of fused-ring (bicyclic) bond motifs is 1. The second kappa shape index (κ2) is 6.84. The second-order valence-electron chi connectivity index (χ2n) is 6.12. The molecule has 0 aliphatic carbocycles. The summed E-state index contributed by atoms with van der Waals surface area (Å²) in [5.41, 5.74) is 3.56. The molecule has 25 heavy (non-hydrogen) atoms. The van der Waals surface area contributed by atoms with Crippen LogP contribution in [0, 0.1) is 5.82 Å². The Labute approximate surface area is 144 Å². The van der Waals surface area contributed by atoms with Gasteiger partial charge in [-0.15, -0.1) is 0 Å². The van der Waals surface area contributed by atoms with E-state index in [1.807, 2.05) is 19.9 Å². The van der Waals surface area contributed by atoms with E-state index < -0.39 is 0 Å². The van der Waals surface area contributed by atoms with Gasteiger partial charge in [0.1, 0.15) is 11.6 Å². The summed E-state index contributed by atoms with van der Waals surface area (Å²) in [4.78, 5) is 29.6. The average molecular weight is 339 g/mol. The number of rotatable bonds is 4. The molecule has 6 heteroatoms. The molecule has 3 aromatic rings. The summed E-state index contributed by atoms with van der Waals surface area (Å²) in [7, 11) is 0. The van der Waals surface area contributed by atoms with Crippen LogP contribution < -0.4 is 11.0 Å². The maximum atomic E-state index is 13.0. The summed E-state index contributed by atoms with van der Waals surface area (Å²) in [6, 6.07) is 12.7. The zero-order valence-electron chi connectivity index (χ0n) is 14.0. The van der Waals surface area contributed by atoms with Crippen LogP contribution in [0.15, 0.2) is 53.3 Å². The minimum Gasteiger partial charge on any atom is -0.273 e. The van der Waals surface area contributed by atoms with Crippen molar-refractivity contribution in [3.63, 3.8) is 0 Å². The minimum atomic E-state index is -0.368. The molecule has 1 N–H and O–H groups in total. The molecule has 5 nitrogen and oxygen atoms in total. The zero-order chi connectivity index (χ0) is 18.0. The van der Waals surface area contributed by atoms with Gasteiger partial charge in [0, 0.05) is 5.92 Å². The van der Waals surface area contributed by atoms with Crippen molar-refractivity contribution in [2.75, 3.05) is 5.43 Å². The average Bonchev–Trinajstić information content (AvgIpc) is 2.59. The number of halogens is 1. The van der Waals surface area contributed by atoms with Crippen molar-refractivity contribution in [1.29, 1.82) is 0 Å². The van der Waals surface area contributed by atoms with E-state index in [1.54, 1.807) is 30.3 Å². The standard InChI is InChI=1S/C19H18FN3O2/c1-12(2)18-21-16-6-4-3-5-15(16)19(25)23(18)22-17(24)11-13-7-9-14(20)10-8-13/h3-10,12H,11H2,1-2H3,(H,22,24). The lowest BCUT2D eigenvalue weighted by atomic mass is 10.1. The van der Waals surface area contributed by atoms with E-state index in [9.17, 15) is 14.0 Å². The maximum Gasteiger partial charge on any atom is 0.280 e. The molecular formula is C19H18FN3O2. The summed E-state index contributed by atoms with van der Waals surface area (Å²) in [6.07, 6.45) is 0.0388. The topological polar surface area (TPSA) is 64.0 Å². The van der Waals surface area contributed by atoms with Gasteiger partial charge in [-0.3, -0.25) is 15.0 Å². The Balaban J connectivity index is 1.95. The van der Waals surface area contributed by atoms with Crippen molar-refractivity contribution < 1.29 is 9.18 Å². The molecule has 0 saturated heterocycles. The van der Waals surface area contributed by atoms with Crippen LogP contribution >= 0.6 is 0 Å². The van der Waals surface area contributed by atoms with Gasteiger partial charge in [-0.2, -0.15) is 0 Å². The summed E-state index contributed by atoms with van der Waals surface area (Å²) in [5, 5.41) is 0.439. The number of carbonyl (C=O) groups is 1. The summed E-state index contributed by atoms with van der Waals surface area (Å²) < 4.78 is 14.2. The monoisotopic (exact) mass is 339 g/mol. The number of para-hydroxylation sites is 1. The van der Waals surface area contributed by atoms with Crippen molar-refractivity contribution >= 4 is 16.8 Å². The lowest BCUT2D eigenvalue weighted by Crippen LogP contribution is -2.37. The smallest absolute Gasteiger partial charge is 0.273 e. The normalized spacial score (nSPS) is 11.0.